The number of aryl methyl sites for hydroxylation is 2. The van der Waals surface area contributed by atoms with E-state index in [9.17, 15) is 9.59 Å². The van der Waals surface area contributed by atoms with E-state index in [-0.39, 0.29) is 18.4 Å². The Labute approximate surface area is 154 Å². The van der Waals surface area contributed by atoms with Gasteiger partial charge in [0.1, 0.15) is 5.75 Å². The molecule has 0 spiro atoms. The maximum Gasteiger partial charge on any atom is 0.262 e. The van der Waals surface area contributed by atoms with Gasteiger partial charge < -0.3 is 15.0 Å². The summed E-state index contributed by atoms with van der Waals surface area (Å²) >= 11 is 0. The number of benzene rings is 2. The minimum atomic E-state index is -0.230. The van der Waals surface area contributed by atoms with Crippen molar-refractivity contribution >= 4 is 17.5 Å². The summed E-state index contributed by atoms with van der Waals surface area (Å²) in [6.45, 7) is 5.51. The Morgan fingerprint density at radius 1 is 1.00 bits per heavy atom. The molecule has 0 unspecified atom stereocenters. The molecule has 3 rings (SSSR count). The fourth-order valence-corrected chi connectivity index (χ4v) is 3.16. The summed E-state index contributed by atoms with van der Waals surface area (Å²) in [5, 5.41) is 2.80. The number of carbonyl (C=O) groups is 2. The average Bonchev–Trinajstić information content (AvgIpc) is 3.16. The number of nitrogens with zero attached hydrogens (tertiary/aromatic N) is 1. The van der Waals surface area contributed by atoms with Gasteiger partial charge in [-0.1, -0.05) is 18.2 Å². The molecule has 1 fully saturated rings. The summed E-state index contributed by atoms with van der Waals surface area (Å²) in [5.41, 5.74) is 3.31. The number of para-hydroxylation sites is 1. The molecule has 136 valence electrons. The zero-order chi connectivity index (χ0) is 18.5. The van der Waals surface area contributed by atoms with E-state index in [1.54, 1.807) is 24.3 Å². The highest BCUT2D eigenvalue weighted by Crippen LogP contribution is 2.22. The fraction of sp³-hybridized carbons (Fsp3) is 0.333. The zero-order valence-corrected chi connectivity index (χ0v) is 15.2. The summed E-state index contributed by atoms with van der Waals surface area (Å²) in [6.07, 6.45) is 2.14. The van der Waals surface area contributed by atoms with Gasteiger partial charge >= 0.3 is 0 Å². The Morgan fingerprint density at radius 2 is 1.62 bits per heavy atom. The third kappa shape index (κ3) is 4.23. The first-order valence-electron chi connectivity index (χ1n) is 8.93. The van der Waals surface area contributed by atoms with Gasteiger partial charge in [-0.3, -0.25) is 9.59 Å². The van der Waals surface area contributed by atoms with E-state index in [0.717, 1.165) is 42.8 Å². The van der Waals surface area contributed by atoms with Crippen LogP contribution in [0.5, 0.6) is 5.75 Å². The lowest BCUT2D eigenvalue weighted by atomic mass is 10.1. The molecule has 1 aliphatic heterocycles. The number of hydrogen-bond acceptors (Lipinski definition) is 3. The van der Waals surface area contributed by atoms with Crippen LogP contribution in [-0.2, 0) is 4.79 Å². The van der Waals surface area contributed by atoms with Gasteiger partial charge in [-0.2, -0.15) is 0 Å². The van der Waals surface area contributed by atoms with Gasteiger partial charge in [0.25, 0.3) is 11.8 Å². The molecule has 1 N–H and O–H groups in total. The second-order valence-corrected chi connectivity index (χ2v) is 6.63. The number of hydrogen-bond donors (Lipinski definition) is 1. The maximum atomic E-state index is 12.3. The summed E-state index contributed by atoms with van der Waals surface area (Å²) in [7, 11) is 0. The van der Waals surface area contributed by atoms with Gasteiger partial charge in [0.2, 0.25) is 0 Å². The van der Waals surface area contributed by atoms with Crippen molar-refractivity contribution in [2.75, 3.05) is 25.0 Å². The van der Waals surface area contributed by atoms with Crippen LogP contribution in [0, 0.1) is 13.8 Å². The van der Waals surface area contributed by atoms with Gasteiger partial charge in [0.15, 0.2) is 6.61 Å². The van der Waals surface area contributed by atoms with Gasteiger partial charge in [0.05, 0.1) is 0 Å². The molecule has 0 atom stereocenters. The van der Waals surface area contributed by atoms with E-state index < -0.39 is 0 Å². The third-order valence-electron chi connectivity index (χ3n) is 4.57. The summed E-state index contributed by atoms with van der Waals surface area (Å²) < 4.78 is 5.66. The summed E-state index contributed by atoms with van der Waals surface area (Å²) in [4.78, 5) is 26.3. The van der Waals surface area contributed by atoms with Crippen LogP contribution in [0.3, 0.4) is 0 Å². The van der Waals surface area contributed by atoms with Crippen LogP contribution in [-0.4, -0.2) is 36.4 Å². The average molecular weight is 352 g/mol. The van der Waals surface area contributed by atoms with E-state index in [0.29, 0.717) is 11.3 Å². The van der Waals surface area contributed by atoms with Crippen molar-refractivity contribution in [3.05, 3.63) is 59.2 Å². The van der Waals surface area contributed by atoms with Crippen molar-refractivity contribution in [3.8, 4) is 5.75 Å². The van der Waals surface area contributed by atoms with Crippen molar-refractivity contribution in [2.45, 2.75) is 26.7 Å². The Morgan fingerprint density at radius 3 is 2.23 bits per heavy atom. The molecule has 26 heavy (non-hydrogen) atoms. The monoisotopic (exact) mass is 352 g/mol. The van der Waals surface area contributed by atoms with E-state index in [1.807, 2.05) is 36.9 Å². The van der Waals surface area contributed by atoms with Crippen molar-refractivity contribution in [1.82, 2.24) is 4.90 Å². The standard InChI is InChI=1S/C21H24N2O3/c1-15-6-5-7-16(2)20(15)26-14-19(24)22-18-10-8-17(9-11-18)21(25)23-12-3-4-13-23/h5-11H,3-4,12-14H2,1-2H3,(H,22,24). The first-order chi connectivity index (χ1) is 12.5. The van der Waals surface area contributed by atoms with Crippen LogP contribution in [0.15, 0.2) is 42.5 Å². The molecule has 0 saturated carbocycles. The number of nitrogens with one attached hydrogen (secondary N) is 1. The van der Waals surface area contributed by atoms with Crippen LogP contribution in [0.25, 0.3) is 0 Å². The third-order valence-corrected chi connectivity index (χ3v) is 4.57. The van der Waals surface area contributed by atoms with E-state index in [4.69, 9.17) is 4.74 Å². The molecule has 0 aromatic heterocycles. The van der Waals surface area contributed by atoms with E-state index in [2.05, 4.69) is 5.32 Å². The van der Waals surface area contributed by atoms with Crippen molar-refractivity contribution in [3.63, 3.8) is 0 Å². The number of anilines is 1. The Balaban J connectivity index is 1.55. The highest BCUT2D eigenvalue weighted by Gasteiger charge is 2.19. The molecular formula is C21H24N2O3. The lowest BCUT2D eigenvalue weighted by molar-refractivity contribution is -0.118. The molecule has 2 amide bonds. The molecule has 0 aliphatic carbocycles. The highest BCUT2D eigenvalue weighted by molar-refractivity contribution is 5.96. The van der Waals surface area contributed by atoms with Crippen LogP contribution in [0.4, 0.5) is 5.69 Å². The van der Waals surface area contributed by atoms with Crippen LogP contribution in [0.1, 0.15) is 34.3 Å². The van der Waals surface area contributed by atoms with Crippen LogP contribution >= 0.6 is 0 Å². The zero-order valence-electron chi connectivity index (χ0n) is 15.2. The predicted molar refractivity (Wildman–Crippen MR) is 102 cm³/mol. The van der Waals surface area contributed by atoms with E-state index >= 15 is 0 Å². The fourth-order valence-electron chi connectivity index (χ4n) is 3.16. The van der Waals surface area contributed by atoms with Crippen molar-refractivity contribution < 1.29 is 14.3 Å². The number of likely N-dealkylation sites (tertiary alicyclic amines) is 1. The van der Waals surface area contributed by atoms with E-state index in [1.165, 1.54) is 0 Å². The Kier molecular flexibility index (Phi) is 5.56. The molecule has 2 aromatic rings. The molecule has 0 bridgehead atoms. The first kappa shape index (κ1) is 18.0. The van der Waals surface area contributed by atoms with Gasteiger partial charge in [0, 0.05) is 24.3 Å². The number of carbonyl (C=O) groups excluding carboxylic acids is 2. The lowest BCUT2D eigenvalue weighted by Gasteiger charge is -2.15. The normalized spacial score (nSPS) is 13.5. The molecule has 5 heteroatoms. The highest BCUT2D eigenvalue weighted by atomic mass is 16.5. The number of ether oxygens (including phenoxy) is 1. The Bertz CT molecular complexity index is 773. The van der Waals surface area contributed by atoms with Crippen molar-refractivity contribution in [2.24, 2.45) is 0 Å². The smallest absolute Gasteiger partial charge is 0.262 e. The molecule has 1 saturated heterocycles. The second-order valence-electron chi connectivity index (χ2n) is 6.63. The SMILES string of the molecule is Cc1cccc(C)c1OCC(=O)Nc1ccc(C(=O)N2CCCC2)cc1. The van der Waals surface area contributed by atoms with Gasteiger partial charge in [-0.25, -0.2) is 0 Å². The summed E-state index contributed by atoms with van der Waals surface area (Å²) in [6, 6.07) is 12.9. The largest absolute Gasteiger partial charge is 0.483 e. The second kappa shape index (κ2) is 8.04. The maximum absolute atomic E-state index is 12.3. The van der Waals surface area contributed by atoms with Crippen LogP contribution < -0.4 is 10.1 Å². The van der Waals surface area contributed by atoms with Crippen LogP contribution in [0.2, 0.25) is 0 Å². The lowest BCUT2D eigenvalue weighted by Crippen LogP contribution is -2.27. The molecule has 1 aliphatic rings. The minimum absolute atomic E-state index is 0.0544. The molecule has 0 radical (unpaired) electrons. The molecule has 1 heterocycles. The minimum Gasteiger partial charge on any atom is -0.483 e. The molecule has 5 nitrogen and oxygen atoms in total. The van der Waals surface area contributed by atoms with Gasteiger partial charge in [-0.05, 0) is 62.1 Å². The predicted octanol–water partition coefficient (Wildman–Crippen LogP) is 3.56. The van der Waals surface area contributed by atoms with Crippen molar-refractivity contribution in [1.29, 1.82) is 0 Å². The molecular weight excluding hydrogens is 328 g/mol. The summed E-state index contributed by atoms with van der Waals surface area (Å²) in [5.74, 6) is 0.569. The number of rotatable bonds is 5. The first-order valence-corrected chi connectivity index (χ1v) is 8.93. The number of amides is 2. The topological polar surface area (TPSA) is 58.6 Å². The van der Waals surface area contributed by atoms with Gasteiger partial charge in [-0.15, -0.1) is 0 Å². The molecule has 2 aromatic carbocycles. The quantitative estimate of drug-likeness (QED) is 0.895. The Hall–Kier alpha value is -2.82.